The number of thioether (sulfide) groups is 1. The Morgan fingerprint density at radius 1 is 0.806 bits per heavy atom. The molecule has 16 heteroatoms. The number of rotatable bonds is 19. The summed E-state index contributed by atoms with van der Waals surface area (Å²) in [5, 5.41) is 2.61. The van der Waals surface area contributed by atoms with Crippen LogP contribution in [0.4, 0.5) is 5.82 Å². The van der Waals surface area contributed by atoms with Gasteiger partial charge in [-0.15, -0.1) is 0 Å². The summed E-state index contributed by atoms with van der Waals surface area (Å²) in [6.07, 6.45) is 0.416. The number of nitrogens with zero attached hydrogens (tertiary/aromatic N) is 3. The second-order valence-electron chi connectivity index (χ2n) is 14.6. The van der Waals surface area contributed by atoms with E-state index in [4.69, 9.17) is 28.2 Å². The third-order valence-electron chi connectivity index (χ3n) is 10.7. The summed E-state index contributed by atoms with van der Waals surface area (Å²) >= 11 is 2.98. The number of carbonyl (C=O) groups excluding carboxylic acids is 2. The van der Waals surface area contributed by atoms with Gasteiger partial charge in [0.2, 0.25) is 11.0 Å². The normalized spacial score (nSPS) is 19.5. The van der Waals surface area contributed by atoms with Crippen LogP contribution in [0.25, 0.3) is 0 Å². The molecule has 7 rings (SSSR count). The Bertz CT molecular complexity index is 2240. The van der Waals surface area contributed by atoms with Crippen LogP contribution in [0, 0.1) is 0 Å². The molecule has 13 nitrogen and oxygen atoms in total. The van der Waals surface area contributed by atoms with Crippen LogP contribution in [-0.2, 0) is 29.1 Å². The van der Waals surface area contributed by atoms with Gasteiger partial charge in [-0.05, 0) is 59.9 Å². The number of aromatic nitrogens is 2. The lowest BCUT2D eigenvalue weighted by molar-refractivity contribution is -0.114. The summed E-state index contributed by atoms with van der Waals surface area (Å²) in [5.41, 5.74) is 1.44. The fraction of sp³-hybridized carbons (Fsp3) is 0.348. The van der Waals surface area contributed by atoms with Crippen LogP contribution < -0.4 is 20.5 Å². The number of hydrogen-bond donors (Lipinski definition) is 1. The lowest BCUT2D eigenvalue weighted by Crippen LogP contribution is -2.41. The van der Waals surface area contributed by atoms with Gasteiger partial charge in [-0.3, -0.25) is 18.8 Å². The molecule has 1 aromatic heterocycles. The Labute approximate surface area is 371 Å². The van der Waals surface area contributed by atoms with E-state index < -0.39 is 43.3 Å². The summed E-state index contributed by atoms with van der Waals surface area (Å²) < 4.78 is 42.5. The van der Waals surface area contributed by atoms with Crippen LogP contribution in [0.15, 0.2) is 126 Å². The number of ether oxygens (including phenoxy) is 5. The first-order chi connectivity index (χ1) is 30.2. The molecule has 1 amide bonds. The van der Waals surface area contributed by atoms with Crippen molar-refractivity contribution in [1.29, 1.82) is 0 Å². The Morgan fingerprint density at radius 2 is 1.40 bits per heavy atom. The highest BCUT2D eigenvalue weighted by atomic mass is 32.7. The largest absolute Gasteiger partial charge is 0.497 e. The lowest BCUT2D eigenvalue weighted by atomic mass is 9.80. The van der Waals surface area contributed by atoms with Crippen LogP contribution in [0.5, 0.6) is 11.5 Å². The summed E-state index contributed by atoms with van der Waals surface area (Å²) in [7, 11) is 3.56. The fourth-order valence-corrected chi connectivity index (χ4v) is 12.9. The molecule has 0 radical (unpaired) electrons. The molecule has 62 heavy (non-hydrogen) atoms. The molecule has 2 saturated heterocycles. The number of hydrogen-bond acceptors (Lipinski definition) is 13. The zero-order valence-corrected chi connectivity index (χ0v) is 37.6. The number of anilines is 1. The van der Waals surface area contributed by atoms with Gasteiger partial charge in [0.25, 0.3) is 0 Å². The van der Waals surface area contributed by atoms with Crippen molar-refractivity contribution in [3.05, 3.63) is 154 Å². The Morgan fingerprint density at radius 3 is 1.97 bits per heavy atom. The molecule has 1 N–H and O–H groups in total. The molecular weight excluding hydrogens is 848 g/mol. The van der Waals surface area contributed by atoms with E-state index in [1.54, 1.807) is 45.0 Å². The van der Waals surface area contributed by atoms with E-state index >= 15 is 0 Å². The van der Waals surface area contributed by atoms with Crippen LogP contribution in [0.3, 0.4) is 0 Å². The van der Waals surface area contributed by atoms with Crippen LogP contribution in [0.1, 0.15) is 53.0 Å². The van der Waals surface area contributed by atoms with Gasteiger partial charge >= 0.3 is 5.69 Å². The molecule has 0 aliphatic carbocycles. The molecule has 5 atom stereocenters. The standard InChI is InChI=1S/C46H51N4O9PS2/c1-32(51)47-40-25-28-50(45(53)48-40)43-42(56-4)41(59-60(49-26-11-12-27-49)62-30-29-61-44(52)33-13-7-5-8-14-33)39(58-43)31-57-46(34-15-9-6-10-16-34,35-17-21-37(54-2)22-18-35)36-19-23-38(55-3)24-20-36/h5-10,13-25,28,39,41-43H,11-12,26-27,29-31H2,1-4H3,(H,47,48,51,53)/t39-,41-,42-,43-,60?/m1/s1. The molecule has 0 bridgehead atoms. The number of nitrogens with one attached hydrogen (secondary N) is 1. The Balaban J connectivity index is 1.25. The number of amides is 1. The molecule has 3 heterocycles. The van der Waals surface area contributed by atoms with Crippen molar-refractivity contribution in [2.24, 2.45) is 0 Å². The van der Waals surface area contributed by atoms with Crippen molar-refractivity contribution in [2.45, 2.75) is 49.9 Å². The monoisotopic (exact) mass is 898 g/mol. The van der Waals surface area contributed by atoms with E-state index in [0.29, 0.717) is 28.6 Å². The minimum absolute atomic E-state index is 0.00933. The smallest absolute Gasteiger partial charge is 0.351 e. The van der Waals surface area contributed by atoms with Gasteiger partial charge in [-0.25, -0.2) is 4.79 Å². The maximum Gasteiger partial charge on any atom is 0.351 e. The fourth-order valence-electron chi connectivity index (χ4n) is 7.64. The summed E-state index contributed by atoms with van der Waals surface area (Å²) in [4.78, 5) is 42.5. The average Bonchev–Trinajstić information content (AvgIpc) is 3.97. The van der Waals surface area contributed by atoms with Crippen LogP contribution >= 0.6 is 30.6 Å². The highest BCUT2D eigenvalue weighted by molar-refractivity contribution is 8.53. The second kappa shape index (κ2) is 21.7. The molecule has 2 fully saturated rings. The van der Waals surface area contributed by atoms with Crippen molar-refractivity contribution >= 4 is 47.5 Å². The second-order valence-corrected chi connectivity index (χ2v) is 19.3. The third kappa shape index (κ3) is 10.6. The van der Waals surface area contributed by atoms with E-state index in [-0.39, 0.29) is 23.4 Å². The predicted octanol–water partition coefficient (Wildman–Crippen LogP) is 8.15. The Hall–Kier alpha value is -4.57. The molecule has 2 aliphatic heterocycles. The first-order valence-electron chi connectivity index (χ1n) is 20.3. The van der Waals surface area contributed by atoms with Gasteiger partial charge in [0.1, 0.15) is 41.2 Å². The van der Waals surface area contributed by atoms with E-state index in [9.17, 15) is 14.4 Å². The van der Waals surface area contributed by atoms with Gasteiger partial charge in [0.15, 0.2) is 13.7 Å². The summed E-state index contributed by atoms with van der Waals surface area (Å²) in [6.45, 7) is 3.09. The molecule has 326 valence electrons. The molecule has 0 saturated carbocycles. The van der Waals surface area contributed by atoms with Crippen molar-refractivity contribution in [3.63, 3.8) is 0 Å². The van der Waals surface area contributed by atoms with Crippen molar-refractivity contribution < 1.29 is 37.8 Å². The topological polar surface area (TPSA) is 140 Å². The third-order valence-corrected chi connectivity index (χ3v) is 15.9. The molecule has 1 unspecified atom stereocenters. The lowest BCUT2D eigenvalue weighted by Gasteiger charge is -2.38. The van der Waals surface area contributed by atoms with E-state index in [0.717, 1.165) is 42.6 Å². The minimum atomic E-state index is -1.28. The van der Waals surface area contributed by atoms with Crippen LogP contribution in [-0.4, -0.2) is 96.1 Å². The van der Waals surface area contributed by atoms with Gasteiger partial charge in [0, 0.05) is 50.4 Å². The zero-order valence-electron chi connectivity index (χ0n) is 35.1. The zero-order chi connectivity index (χ0) is 43.5. The van der Waals surface area contributed by atoms with Gasteiger partial charge in [-0.2, -0.15) is 4.98 Å². The maximum absolute atomic E-state index is 13.7. The van der Waals surface area contributed by atoms with Gasteiger partial charge in [0.05, 0.1) is 20.8 Å². The number of carbonyl (C=O) groups is 2. The molecular formula is C46H51N4O9PS2. The van der Waals surface area contributed by atoms with Crippen molar-refractivity contribution in [2.75, 3.05) is 57.8 Å². The van der Waals surface area contributed by atoms with Crippen LogP contribution in [0.2, 0.25) is 0 Å². The first-order valence-corrected chi connectivity index (χ1v) is 24.1. The van der Waals surface area contributed by atoms with Gasteiger partial charge < -0.3 is 33.5 Å². The van der Waals surface area contributed by atoms with E-state index in [1.165, 1.54) is 23.3 Å². The summed E-state index contributed by atoms with van der Waals surface area (Å²) in [5.74, 6) is 2.44. The highest BCUT2D eigenvalue weighted by Crippen LogP contribution is 2.58. The Kier molecular flexibility index (Phi) is 15.9. The quantitative estimate of drug-likeness (QED) is 0.0485. The number of benzene rings is 4. The van der Waals surface area contributed by atoms with E-state index in [2.05, 4.69) is 15.0 Å². The molecule has 2 aliphatic rings. The SMILES string of the molecule is COc1ccc(C(OC[C@H]2O[C@@H](n3ccc(NC(C)=O)nc3=O)[C@H](OC)[C@@H]2OP(SCCSC(=O)c2ccccc2)N2CCCC2)(c2ccccc2)c2ccc(OC)cc2)cc1. The van der Waals surface area contributed by atoms with E-state index in [1.807, 2.05) is 109 Å². The highest BCUT2D eigenvalue weighted by Gasteiger charge is 2.51. The number of methoxy groups -OCH3 is 3. The first kappa shape index (κ1) is 45.5. The predicted molar refractivity (Wildman–Crippen MR) is 244 cm³/mol. The minimum Gasteiger partial charge on any atom is -0.497 e. The maximum atomic E-state index is 13.7. The average molecular weight is 899 g/mol. The van der Waals surface area contributed by atoms with Crippen molar-refractivity contribution in [1.82, 2.24) is 14.2 Å². The summed E-state index contributed by atoms with van der Waals surface area (Å²) in [6, 6.07) is 36.4. The van der Waals surface area contributed by atoms with Crippen molar-refractivity contribution in [3.8, 4) is 11.5 Å². The van der Waals surface area contributed by atoms with Gasteiger partial charge in [-0.1, -0.05) is 108 Å². The molecule has 5 aromatic rings. The molecule has 4 aromatic carbocycles. The molecule has 0 spiro atoms.